The van der Waals surface area contributed by atoms with Crippen LogP contribution in [-0.4, -0.2) is 36.0 Å². The number of nitrogens with zero attached hydrogens (tertiary/aromatic N) is 1. The summed E-state index contributed by atoms with van der Waals surface area (Å²) in [6.07, 6.45) is 1.03. The predicted molar refractivity (Wildman–Crippen MR) is 49.0 cm³/mol. The second-order valence-corrected chi connectivity index (χ2v) is 3.88. The molecular weight excluding hydrogens is 152 g/mol. The summed E-state index contributed by atoms with van der Waals surface area (Å²) in [5, 5.41) is 3.13. The first-order chi connectivity index (χ1) is 5.58. The monoisotopic (exact) mass is 170 g/mol. The molecule has 0 spiro atoms. The van der Waals surface area contributed by atoms with Gasteiger partial charge in [0.05, 0.1) is 6.54 Å². The molecule has 0 aromatic carbocycles. The molecule has 1 heterocycles. The van der Waals surface area contributed by atoms with Gasteiger partial charge in [-0.1, -0.05) is 0 Å². The van der Waals surface area contributed by atoms with Crippen LogP contribution in [-0.2, 0) is 4.79 Å². The van der Waals surface area contributed by atoms with Crippen LogP contribution in [0.2, 0.25) is 0 Å². The van der Waals surface area contributed by atoms with Crippen molar-refractivity contribution in [1.29, 1.82) is 0 Å². The third-order valence-corrected chi connectivity index (χ3v) is 2.54. The van der Waals surface area contributed by atoms with Crippen molar-refractivity contribution in [1.82, 2.24) is 10.2 Å². The quantitative estimate of drug-likeness (QED) is 0.625. The number of hydrogen-bond donors (Lipinski definition) is 1. The van der Waals surface area contributed by atoms with Gasteiger partial charge < -0.3 is 10.2 Å². The first-order valence-electron chi connectivity index (χ1n) is 4.59. The maximum absolute atomic E-state index is 11.5. The standard InChI is InChI=1S/C9H18N2O/c1-4-11-8(12)7-10-6-5-9(11,2)3/h10H,4-7H2,1-3H3. The van der Waals surface area contributed by atoms with Crippen molar-refractivity contribution in [2.24, 2.45) is 0 Å². The first-order valence-corrected chi connectivity index (χ1v) is 4.59. The normalized spacial score (nSPS) is 23.9. The van der Waals surface area contributed by atoms with Crippen LogP contribution in [0.1, 0.15) is 27.2 Å². The molecular formula is C9H18N2O. The fourth-order valence-corrected chi connectivity index (χ4v) is 1.76. The molecule has 1 amide bonds. The van der Waals surface area contributed by atoms with Gasteiger partial charge in [0.25, 0.3) is 0 Å². The topological polar surface area (TPSA) is 32.3 Å². The highest BCUT2D eigenvalue weighted by Gasteiger charge is 2.30. The highest BCUT2D eigenvalue weighted by molar-refractivity contribution is 5.79. The molecule has 0 radical (unpaired) electrons. The third-order valence-electron chi connectivity index (χ3n) is 2.54. The Hall–Kier alpha value is -0.570. The Labute approximate surface area is 74.1 Å². The van der Waals surface area contributed by atoms with Gasteiger partial charge in [0.1, 0.15) is 0 Å². The molecule has 0 atom stereocenters. The molecule has 1 rings (SSSR count). The second-order valence-electron chi connectivity index (χ2n) is 3.88. The van der Waals surface area contributed by atoms with Crippen LogP contribution in [0, 0.1) is 0 Å². The lowest BCUT2D eigenvalue weighted by molar-refractivity contribution is -0.134. The molecule has 1 N–H and O–H groups in total. The fraction of sp³-hybridized carbons (Fsp3) is 0.889. The Morgan fingerprint density at radius 2 is 2.25 bits per heavy atom. The average Bonchev–Trinajstić information content (AvgIpc) is 2.09. The van der Waals surface area contributed by atoms with E-state index < -0.39 is 0 Å². The van der Waals surface area contributed by atoms with E-state index in [1.165, 1.54) is 0 Å². The summed E-state index contributed by atoms with van der Waals surface area (Å²) >= 11 is 0. The zero-order valence-electron chi connectivity index (χ0n) is 8.18. The lowest BCUT2D eigenvalue weighted by atomic mass is 9.99. The summed E-state index contributed by atoms with van der Waals surface area (Å²) in [4.78, 5) is 13.5. The minimum Gasteiger partial charge on any atom is -0.337 e. The molecule has 0 aliphatic carbocycles. The van der Waals surface area contributed by atoms with Crippen LogP contribution < -0.4 is 5.32 Å². The first kappa shape index (κ1) is 9.52. The van der Waals surface area contributed by atoms with Crippen LogP contribution in [0.25, 0.3) is 0 Å². The number of rotatable bonds is 1. The Bertz CT molecular complexity index is 177. The van der Waals surface area contributed by atoms with Crippen LogP contribution in [0.5, 0.6) is 0 Å². The lowest BCUT2D eigenvalue weighted by Crippen LogP contribution is -2.47. The Morgan fingerprint density at radius 3 is 2.83 bits per heavy atom. The van der Waals surface area contributed by atoms with E-state index in [2.05, 4.69) is 19.2 Å². The molecule has 3 heteroatoms. The lowest BCUT2D eigenvalue weighted by Gasteiger charge is -2.36. The maximum atomic E-state index is 11.5. The van der Waals surface area contributed by atoms with Crippen LogP contribution in [0.3, 0.4) is 0 Å². The van der Waals surface area contributed by atoms with Crippen molar-refractivity contribution in [3.63, 3.8) is 0 Å². The Morgan fingerprint density at radius 1 is 1.58 bits per heavy atom. The van der Waals surface area contributed by atoms with Crippen LogP contribution >= 0.6 is 0 Å². The SMILES string of the molecule is CCN1C(=O)CNCCC1(C)C. The smallest absolute Gasteiger partial charge is 0.236 e. The molecule has 0 unspecified atom stereocenters. The minimum atomic E-state index is 0.0231. The van der Waals surface area contributed by atoms with Crippen molar-refractivity contribution in [2.45, 2.75) is 32.7 Å². The van der Waals surface area contributed by atoms with E-state index in [0.717, 1.165) is 19.5 Å². The third kappa shape index (κ3) is 1.78. The fourth-order valence-electron chi connectivity index (χ4n) is 1.76. The number of carbonyl (C=O) groups is 1. The molecule has 1 saturated heterocycles. The van der Waals surface area contributed by atoms with Crippen LogP contribution in [0.15, 0.2) is 0 Å². The van der Waals surface area contributed by atoms with Crippen molar-refractivity contribution < 1.29 is 4.79 Å². The molecule has 1 aliphatic heterocycles. The average molecular weight is 170 g/mol. The van der Waals surface area contributed by atoms with Gasteiger partial charge in [-0.25, -0.2) is 0 Å². The Kier molecular flexibility index (Phi) is 2.73. The highest BCUT2D eigenvalue weighted by Crippen LogP contribution is 2.19. The molecule has 1 fully saturated rings. The summed E-state index contributed by atoms with van der Waals surface area (Å²) in [7, 11) is 0. The van der Waals surface area contributed by atoms with Gasteiger partial charge in [-0.3, -0.25) is 4.79 Å². The Balaban J connectivity index is 2.77. The van der Waals surface area contributed by atoms with Gasteiger partial charge in [0, 0.05) is 12.1 Å². The van der Waals surface area contributed by atoms with Gasteiger partial charge in [0.2, 0.25) is 5.91 Å². The minimum absolute atomic E-state index is 0.0231. The van der Waals surface area contributed by atoms with Crippen molar-refractivity contribution in [3.8, 4) is 0 Å². The number of nitrogens with one attached hydrogen (secondary N) is 1. The van der Waals surface area contributed by atoms with Crippen LogP contribution in [0.4, 0.5) is 0 Å². The summed E-state index contributed by atoms with van der Waals surface area (Å²) < 4.78 is 0. The van der Waals surface area contributed by atoms with Gasteiger partial charge in [-0.2, -0.15) is 0 Å². The van der Waals surface area contributed by atoms with E-state index in [1.54, 1.807) is 0 Å². The predicted octanol–water partition coefficient (Wildman–Crippen LogP) is 0.607. The summed E-state index contributed by atoms with van der Waals surface area (Å²) in [5.41, 5.74) is 0.0231. The summed E-state index contributed by atoms with van der Waals surface area (Å²) in [6.45, 7) is 8.54. The van der Waals surface area contributed by atoms with Crippen molar-refractivity contribution >= 4 is 5.91 Å². The second kappa shape index (κ2) is 3.44. The van der Waals surface area contributed by atoms with Gasteiger partial charge in [-0.05, 0) is 33.7 Å². The number of likely N-dealkylation sites (N-methyl/N-ethyl adjacent to an activating group) is 1. The van der Waals surface area contributed by atoms with Gasteiger partial charge in [0.15, 0.2) is 0 Å². The molecule has 3 nitrogen and oxygen atoms in total. The van der Waals surface area contributed by atoms with E-state index in [9.17, 15) is 4.79 Å². The van der Waals surface area contributed by atoms with Crippen molar-refractivity contribution in [3.05, 3.63) is 0 Å². The molecule has 0 aromatic heterocycles. The maximum Gasteiger partial charge on any atom is 0.236 e. The molecule has 0 aromatic rings. The van der Waals surface area contributed by atoms with E-state index in [0.29, 0.717) is 6.54 Å². The molecule has 0 saturated carbocycles. The number of hydrogen-bond acceptors (Lipinski definition) is 2. The number of amides is 1. The molecule has 1 aliphatic rings. The number of carbonyl (C=O) groups excluding carboxylic acids is 1. The van der Waals surface area contributed by atoms with E-state index in [1.807, 2.05) is 11.8 Å². The highest BCUT2D eigenvalue weighted by atomic mass is 16.2. The molecule has 70 valence electrons. The van der Waals surface area contributed by atoms with Gasteiger partial charge in [-0.15, -0.1) is 0 Å². The molecule has 12 heavy (non-hydrogen) atoms. The van der Waals surface area contributed by atoms with Crippen molar-refractivity contribution in [2.75, 3.05) is 19.6 Å². The largest absolute Gasteiger partial charge is 0.337 e. The van der Waals surface area contributed by atoms with E-state index in [4.69, 9.17) is 0 Å². The van der Waals surface area contributed by atoms with E-state index in [-0.39, 0.29) is 11.4 Å². The summed E-state index contributed by atoms with van der Waals surface area (Å²) in [6, 6.07) is 0. The summed E-state index contributed by atoms with van der Waals surface area (Å²) in [5.74, 6) is 0.222. The van der Waals surface area contributed by atoms with E-state index >= 15 is 0 Å². The van der Waals surface area contributed by atoms with Gasteiger partial charge >= 0.3 is 0 Å². The molecule has 0 bridgehead atoms. The zero-order valence-corrected chi connectivity index (χ0v) is 8.18. The zero-order chi connectivity index (χ0) is 9.19.